The first kappa shape index (κ1) is 11.7. The summed E-state index contributed by atoms with van der Waals surface area (Å²) in [6.07, 6.45) is 4.53. The van der Waals surface area contributed by atoms with E-state index in [1.165, 1.54) is 5.56 Å². The molecular formula is C15H15N3O. The number of rotatable bonds is 4. The number of benzene rings is 1. The highest BCUT2D eigenvalue weighted by Gasteiger charge is 2.03. The monoisotopic (exact) mass is 253 g/mol. The number of pyridine rings is 1. The molecule has 0 saturated carbocycles. The molecule has 0 aliphatic rings. The Bertz CT molecular complexity index is 673. The van der Waals surface area contributed by atoms with E-state index in [1.807, 2.05) is 53.1 Å². The van der Waals surface area contributed by atoms with Gasteiger partial charge in [0.2, 0.25) is 5.88 Å². The molecule has 0 aliphatic carbocycles. The van der Waals surface area contributed by atoms with E-state index in [-0.39, 0.29) is 0 Å². The van der Waals surface area contributed by atoms with Gasteiger partial charge in [0, 0.05) is 12.4 Å². The van der Waals surface area contributed by atoms with Crippen molar-refractivity contribution in [3.8, 4) is 11.6 Å². The van der Waals surface area contributed by atoms with Gasteiger partial charge in [-0.25, -0.2) is 4.98 Å². The second-order valence-electron chi connectivity index (χ2n) is 4.30. The number of fused-ring (bicyclic) bond motifs is 1. The normalized spacial score (nSPS) is 10.8. The lowest BCUT2D eigenvalue weighted by Gasteiger charge is -2.08. The Morgan fingerprint density at radius 2 is 1.95 bits per heavy atom. The van der Waals surface area contributed by atoms with Crippen LogP contribution in [0.25, 0.3) is 5.65 Å². The van der Waals surface area contributed by atoms with E-state index in [9.17, 15) is 0 Å². The van der Waals surface area contributed by atoms with Crippen molar-refractivity contribution in [2.75, 3.05) is 6.54 Å². The van der Waals surface area contributed by atoms with Crippen molar-refractivity contribution in [2.45, 2.75) is 6.42 Å². The smallest absolute Gasteiger partial charge is 0.205 e. The summed E-state index contributed by atoms with van der Waals surface area (Å²) in [5, 5.41) is 0. The van der Waals surface area contributed by atoms with Crippen LogP contribution >= 0.6 is 0 Å². The van der Waals surface area contributed by atoms with E-state index in [2.05, 4.69) is 4.98 Å². The lowest BCUT2D eigenvalue weighted by molar-refractivity contribution is 0.456. The lowest BCUT2D eigenvalue weighted by Crippen LogP contribution is -2.02. The predicted molar refractivity (Wildman–Crippen MR) is 74.5 cm³/mol. The Morgan fingerprint density at radius 3 is 2.74 bits per heavy atom. The molecule has 4 heteroatoms. The van der Waals surface area contributed by atoms with Crippen LogP contribution in [0.1, 0.15) is 5.56 Å². The van der Waals surface area contributed by atoms with Crippen LogP contribution in [0.3, 0.4) is 0 Å². The molecule has 0 spiro atoms. The number of hydrogen-bond donors (Lipinski definition) is 1. The van der Waals surface area contributed by atoms with Gasteiger partial charge in [-0.15, -0.1) is 0 Å². The number of imidazole rings is 1. The van der Waals surface area contributed by atoms with E-state index < -0.39 is 0 Å². The molecule has 2 aromatic heterocycles. The minimum absolute atomic E-state index is 0.661. The van der Waals surface area contributed by atoms with Crippen LogP contribution in [-0.2, 0) is 6.42 Å². The first-order valence-electron chi connectivity index (χ1n) is 6.26. The molecule has 0 bridgehead atoms. The van der Waals surface area contributed by atoms with Crippen molar-refractivity contribution in [3.05, 3.63) is 60.4 Å². The molecule has 2 heterocycles. The summed E-state index contributed by atoms with van der Waals surface area (Å²) in [5.74, 6) is 1.56. The molecular weight excluding hydrogens is 238 g/mol. The van der Waals surface area contributed by atoms with Crippen molar-refractivity contribution in [2.24, 2.45) is 5.73 Å². The fourth-order valence-corrected chi connectivity index (χ4v) is 2.02. The molecule has 0 amide bonds. The Kier molecular flexibility index (Phi) is 3.16. The topological polar surface area (TPSA) is 52.5 Å². The molecule has 2 N–H and O–H groups in total. The second-order valence-corrected chi connectivity index (χ2v) is 4.30. The summed E-state index contributed by atoms with van der Waals surface area (Å²) >= 11 is 0. The van der Waals surface area contributed by atoms with Gasteiger partial charge < -0.3 is 10.5 Å². The largest absolute Gasteiger partial charge is 0.440 e. The molecule has 0 fully saturated rings. The molecule has 3 aromatic rings. The van der Waals surface area contributed by atoms with Crippen molar-refractivity contribution in [1.82, 2.24) is 9.38 Å². The average Bonchev–Trinajstić information content (AvgIpc) is 2.91. The minimum Gasteiger partial charge on any atom is -0.440 e. The van der Waals surface area contributed by atoms with Gasteiger partial charge in [0.1, 0.15) is 11.4 Å². The molecule has 0 unspecified atom stereocenters. The Labute approximate surface area is 111 Å². The van der Waals surface area contributed by atoms with Gasteiger partial charge in [-0.3, -0.25) is 4.40 Å². The SMILES string of the molecule is NCCc1ccc(Oc2cccc3nccn23)cc1. The van der Waals surface area contributed by atoms with Gasteiger partial charge >= 0.3 is 0 Å². The highest BCUT2D eigenvalue weighted by atomic mass is 16.5. The van der Waals surface area contributed by atoms with Crippen LogP contribution in [0.5, 0.6) is 11.6 Å². The number of aromatic nitrogens is 2. The van der Waals surface area contributed by atoms with E-state index in [1.54, 1.807) is 6.20 Å². The molecule has 1 aromatic carbocycles. The molecule has 4 nitrogen and oxygen atoms in total. The predicted octanol–water partition coefficient (Wildman–Crippen LogP) is 2.63. The van der Waals surface area contributed by atoms with Crippen molar-refractivity contribution >= 4 is 5.65 Å². The summed E-state index contributed by atoms with van der Waals surface area (Å²) in [6, 6.07) is 13.8. The van der Waals surface area contributed by atoms with E-state index in [4.69, 9.17) is 10.5 Å². The molecule has 0 radical (unpaired) electrons. The Morgan fingerprint density at radius 1 is 1.11 bits per heavy atom. The van der Waals surface area contributed by atoms with Gasteiger partial charge in [-0.1, -0.05) is 18.2 Å². The molecule has 96 valence electrons. The van der Waals surface area contributed by atoms with E-state index in [0.29, 0.717) is 6.54 Å². The van der Waals surface area contributed by atoms with Crippen molar-refractivity contribution in [3.63, 3.8) is 0 Å². The Hall–Kier alpha value is -2.33. The van der Waals surface area contributed by atoms with Gasteiger partial charge in [0.25, 0.3) is 0 Å². The third-order valence-corrected chi connectivity index (χ3v) is 2.97. The number of ether oxygens (including phenoxy) is 1. The first-order valence-corrected chi connectivity index (χ1v) is 6.26. The minimum atomic E-state index is 0.661. The summed E-state index contributed by atoms with van der Waals surface area (Å²) in [4.78, 5) is 4.23. The van der Waals surface area contributed by atoms with Crippen LogP contribution in [0.15, 0.2) is 54.9 Å². The van der Waals surface area contributed by atoms with Gasteiger partial charge in [-0.05, 0) is 42.8 Å². The zero-order chi connectivity index (χ0) is 13.1. The number of hydrogen-bond acceptors (Lipinski definition) is 3. The van der Waals surface area contributed by atoms with Gasteiger partial charge in [0.05, 0.1) is 0 Å². The number of nitrogens with two attached hydrogens (primary N) is 1. The highest BCUT2D eigenvalue weighted by Crippen LogP contribution is 2.22. The summed E-state index contributed by atoms with van der Waals surface area (Å²) in [6.45, 7) is 0.661. The summed E-state index contributed by atoms with van der Waals surface area (Å²) in [5.41, 5.74) is 7.62. The van der Waals surface area contributed by atoms with E-state index >= 15 is 0 Å². The molecule has 0 aliphatic heterocycles. The van der Waals surface area contributed by atoms with Crippen LogP contribution in [0.4, 0.5) is 0 Å². The number of nitrogens with zero attached hydrogens (tertiary/aromatic N) is 2. The zero-order valence-electron chi connectivity index (χ0n) is 10.5. The third kappa shape index (κ3) is 2.44. The fraction of sp³-hybridized carbons (Fsp3) is 0.133. The Balaban J connectivity index is 1.86. The quantitative estimate of drug-likeness (QED) is 0.777. The van der Waals surface area contributed by atoms with Crippen molar-refractivity contribution in [1.29, 1.82) is 0 Å². The van der Waals surface area contributed by atoms with Crippen molar-refractivity contribution < 1.29 is 4.74 Å². The summed E-state index contributed by atoms with van der Waals surface area (Å²) in [7, 11) is 0. The zero-order valence-corrected chi connectivity index (χ0v) is 10.5. The molecule has 19 heavy (non-hydrogen) atoms. The molecule has 0 atom stereocenters. The van der Waals surface area contributed by atoms with Crippen LogP contribution in [0, 0.1) is 0 Å². The molecule has 0 saturated heterocycles. The fourth-order valence-electron chi connectivity index (χ4n) is 2.02. The maximum Gasteiger partial charge on any atom is 0.205 e. The van der Waals surface area contributed by atoms with E-state index in [0.717, 1.165) is 23.7 Å². The van der Waals surface area contributed by atoms with Gasteiger partial charge in [-0.2, -0.15) is 0 Å². The maximum atomic E-state index is 5.87. The van der Waals surface area contributed by atoms with Crippen LogP contribution in [-0.4, -0.2) is 15.9 Å². The van der Waals surface area contributed by atoms with Crippen LogP contribution < -0.4 is 10.5 Å². The highest BCUT2D eigenvalue weighted by molar-refractivity contribution is 5.43. The third-order valence-electron chi connectivity index (χ3n) is 2.97. The average molecular weight is 253 g/mol. The standard InChI is InChI=1S/C15H15N3O/c16-9-8-12-4-6-13(7-5-12)19-15-3-1-2-14-17-10-11-18(14)15/h1-7,10-11H,8-9,16H2. The molecule has 3 rings (SSSR count). The first-order chi connectivity index (χ1) is 9.36. The lowest BCUT2D eigenvalue weighted by atomic mass is 10.1. The van der Waals surface area contributed by atoms with Gasteiger partial charge in [0.15, 0.2) is 0 Å². The summed E-state index contributed by atoms with van der Waals surface area (Å²) < 4.78 is 7.79. The second kappa shape index (κ2) is 5.12. The maximum absolute atomic E-state index is 5.87. The van der Waals surface area contributed by atoms with Crippen LogP contribution in [0.2, 0.25) is 0 Å².